The zero-order chi connectivity index (χ0) is 26.2. The molecule has 5 rings (SSSR count). The molecule has 0 spiro atoms. The molecule has 2 aromatic heterocycles. The normalized spacial score (nSPS) is 13.4. The summed E-state index contributed by atoms with van der Waals surface area (Å²) in [5.74, 6) is -0.134. The number of methoxy groups -OCH3 is 1. The third-order valence-electron chi connectivity index (χ3n) is 6.28. The molecule has 4 aromatic rings. The summed E-state index contributed by atoms with van der Waals surface area (Å²) >= 11 is 2.98. The summed E-state index contributed by atoms with van der Waals surface area (Å²) in [6.07, 6.45) is 0.480. The monoisotopic (exact) mass is 555 g/mol. The van der Waals surface area contributed by atoms with Crippen molar-refractivity contribution in [3.05, 3.63) is 59.0 Å². The number of carbonyl (C=O) groups is 2. The minimum absolute atomic E-state index is 0.00918. The van der Waals surface area contributed by atoms with Crippen LogP contribution in [-0.4, -0.2) is 49.5 Å². The number of amides is 2. The van der Waals surface area contributed by atoms with E-state index in [1.165, 1.54) is 30.6 Å². The average Bonchev–Trinajstić information content (AvgIpc) is 3.47. The molecule has 1 N–H and O–H groups in total. The van der Waals surface area contributed by atoms with Crippen LogP contribution >= 0.6 is 22.7 Å². The number of aromatic nitrogens is 1. The van der Waals surface area contributed by atoms with Crippen LogP contribution in [0, 0.1) is 0 Å². The van der Waals surface area contributed by atoms with Gasteiger partial charge in [-0.3, -0.25) is 9.59 Å². The first-order valence-electron chi connectivity index (χ1n) is 11.7. The van der Waals surface area contributed by atoms with Gasteiger partial charge in [0.2, 0.25) is 11.8 Å². The van der Waals surface area contributed by atoms with Gasteiger partial charge >= 0.3 is 0 Å². The number of benzene rings is 2. The Morgan fingerprint density at radius 2 is 1.86 bits per heavy atom. The zero-order valence-electron chi connectivity index (χ0n) is 20.3. The highest BCUT2D eigenvalue weighted by Crippen LogP contribution is 2.45. The number of rotatable bonds is 7. The number of sulfone groups is 1. The number of hydrogen-bond acceptors (Lipinski definition) is 8. The van der Waals surface area contributed by atoms with Gasteiger partial charge < -0.3 is 15.0 Å². The summed E-state index contributed by atoms with van der Waals surface area (Å²) in [4.78, 5) is 32.7. The molecular formula is C26H25N3O5S3. The molecule has 2 aromatic carbocycles. The Morgan fingerprint density at radius 1 is 1.11 bits per heavy atom. The van der Waals surface area contributed by atoms with Gasteiger partial charge in [-0.1, -0.05) is 12.1 Å². The number of carbonyl (C=O) groups excluding carboxylic acids is 2. The van der Waals surface area contributed by atoms with Crippen LogP contribution in [0.4, 0.5) is 5.00 Å². The molecule has 37 heavy (non-hydrogen) atoms. The molecule has 0 saturated heterocycles. The van der Waals surface area contributed by atoms with Gasteiger partial charge in [-0.2, -0.15) is 0 Å². The van der Waals surface area contributed by atoms with Crippen molar-refractivity contribution in [3.63, 3.8) is 0 Å². The van der Waals surface area contributed by atoms with E-state index in [1.54, 1.807) is 35.3 Å². The molecule has 0 radical (unpaired) electrons. The second-order valence-corrected chi connectivity index (χ2v) is 12.9. The number of fused-ring (bicyclic) bond motifs is 2. The highest BCUT2D eigenvalue weighted by Gasteiger charge is 2.29. The maximum atomic E-state index is 13.0. The molecule has 1 aliphatic rings. The van der Waals surface area contributed by atoms with Crippen LogP contribution in [0.2, 0.25) is 0 Å². The predicted molar refractivity (Wildman–Crippen MR) is 146 cm³/mol. The Bertz CT molecular complexity index is 1560. The van der Waals surface area contributed by atoms with Crippen LogP contribution < -0.4 is 10.1 Å². The molecule has 0 unspecified atom stereocenters. The number of ether oxygens (including phenoxy) is 1. The molecule has 2 amide bonds. The van der Waals surface area contributed by atoms with Crippen LogP contribution in [0.25, 0.3) is 20.8 Å². The second-order valence-electron chi connectivity index (χ2n) is 8.68. The molecule has 192 valence electrons. The van der Waals surface area contributed by atoms with Crippen molar-refractivity contribution in [1.82, 2.24) is 9.88 Å². The number of hydrogen-bond donors (Lipinski definition) is 1. The minimum Gasteiger partial charge on any atom is -0.497 e. The average molecular weight is 556 g/mol. The molecule has 0 bridgehead atoms. The summed E-state index contributed by atoms with van der Waals surface area (Å²) in [7, 11) is -2.13. The van der Waals surface area contributed by atoms with E-state index < -0.39 is 9.84 Å². The van der Waals surface area contributed by atoms with E-state index in [2.05, 4.69) is 5.32 Å². The lowest BCUT2D eigenvalue weighted by Gasteiger charge is -2.26. The number of nitrogens with zero attached hydrogens (tertiary/aromatic N) is 2. The van der Waals surface area contributed by atoms with Crippen molar-refractivity contribution in [1.29, 1.82) is 0 Å². The summed E-state index contributed by atoms with van der Waals surface area (Å²) in [6.45, 7) is 2.64. The smallest absolute Gasteiger partial charge is 0.226 e. The van der Waals surface area contributed by atoms with E-state index in [0.29, 0.717) is 30.3 Å². The van der Waals surface area contributed by atoms with Crippen molar-refractivity contribution in [2.45, 2.75) is 31.2 Å². The van der Waals surface area contributed by atoms with Gasteiger partial charge in [0.15, 0.2) is 9.84 Å². The number of para-hydroxylation sites is 1. The van der Waals surface area contributed by atoms with E-state index in [0.717, 1.165) is 31.2 Å². The van der Waals surface area contributed by atoms with Gasteiger partial charge in [-0.25, -0.2) is 13.4 Å². The van der Waals surface area contributed by atoms with Gasteiger partial charge in [-0.05, 0) is 48.4 Å². The zero-order valence-corrected chi connectivity index (χ0v) is 22.8. The molecule has 0 aliphatic carbocycles. The van der Waals surface area contributed by atoms with Crippen LogP contribution in [0.3, 0.4) is 0 Å². The molecule has 0 saturated carbocycles. The molecule has 1 aliphatic heterocycles. The third kappa shape index (κ3) is 5.25. The van der Waals surface area contributed by atoms with Gasteiger partial charge in [-0.15, -0.1) is 22.7 Å². The maximum absolute atomic E-state index is 13.0. The second kappa shape index (κ2) is 10.2. The van der Waals surface area contributed by atoms with Gasteiger partial charge in [0.1, 0.15) is 15.8 Å². The quantitative estimate of drug-likeness (QED) is 0.353. The summed E-state index contributed by atoms with van der Waals surface area (Å²) in [5, 5.41) is 4.40. The van der Waals surface area contributed by atoms with Crippen molar-refractivity contribution in [2.75, 3.05) is 24.7 Å². The van der Waals surface area contributed by atoms with Crippen molar-refractivity contribution in [2.24, 2.45) is 0 Å². The first-order chi connectivity index (χ1) is 17.7. The Kier molecular flexibility index (Phi) is 7.02. The SMILES string of the molecule is COc1ccc(S(=O)(=O)CCC(=O)Nc2sc3c(c2-c2nc4ccccc4s2)CCN(C(C)=O)C3)cc1. The van der Waals surface area contributed by atoms with Crippen LogP contribution in [0.5, 0.6) is 5.75 Å². The van der Waals surface area contributed by atoms with E-state index >= 15 is 0 Å². The Morgan fingerprint density at radius 3 is 2.57 bits per heavy atom. The predicted octanol–water partition coefficient (Wildman–Crippen LogP) is 4.74. The lowest BCUT2D eigenvalue weighted by Crippen LogP contribution is -2.33. The standard InChI is InChI=1S/C26H25N3O5S3/c1-16(30)29-13-11-19-22(15-29)36-26(24(19)25-27-20-5-3-4-6-21(20)35-25)28-23(31)12-14-37(32,33)18-9-7-17(34-2)8-10-18/h3-10H,11-15H2,1-2H3,(H,28,31). The largest absolute Gasteiger partial charge is 0.497 e. The Balaban J connectivity index is 1.40. The van der Waals surface area contributed by atoms with Crippen molar-refractivity contribution in [3.8, 4) is 16.3 Å². The topological polar surface area (TPSA) is 106 Å². The highest BCUT2D eigenvalue weighted by atomic mass is 32.2. The summed E-state index contributed by atoms with van der Waals surface area (Å²) in [5.41, 5.74) is 2.84. The fraction of sp³-hybridized carbons (Fsp3) is 0.269. The molecular weight excluding hydrogens is 531 g/mol. The summed E-state index contributed by atoms with van der Waals surface area (Å²) in [6, 6.07) is 14.0. The van der Waals surface area contributed by atoms with Crippen LogP contribution in [-0.2, 0) is 32.4 Å². The van der Waals surface area contributed by atoms with E-state index in [4.69, 9.17) is 9.72 Å². The first-order valence-corrected chi connectivity index (χ1v) is 15.0. The Hall–Kier alpha value is -3.28. The number of thiophene rings is 1. The number of nitrogens with one attached hydrogen (secondary N) is 1. The Labute approximate surface area is 222 Å². The lowest BCUT2D eigenvalue weighted by atomic mass is 10.0. The molecule has 8 nitrogen and oxygen atoms in total. The molecule has 3 heterocycles. The summed E-state index contributed by atoms with van der Waals surface area (Å²) < 4.78 is 31.7. The third-order valence-corrected chi connectivity index (χ3v) is 10.2. The molecule has 11 heteroatoms. The molecule has 0 atom stereocenters. The van der Waals surface area contributed by atoms with Crippen LogP contribution in [0.1, 0.15) is 23.8 Å². The van der Waals surface area contributed by atoms with E-state index in [-0.39, 0.29) is 28.9 Å². The fourth-order valence-corrected chi connectivity index (χ4v) is 7.91. The van der Waals surface area contributed by atoms with Crippen LogP contribution in [0.15, 0.2) is 53.4 Å². The van der Waals surface area contributed by atoms with Gasteiger partial charge in [0.05, 0.1) is 34.5 Å². The molecule has 0 fully saturated rings. The fourth-order valence-electron chi connectivity index (χ4n) is 4.28. The van der Waals surface area contributed by atoms with Gasteiger partial charge in [0, 0.05) is 30.3 Å². The van der Waals surface area contributed by atoms with E-state index in [1.807, 2.05) is 24.3 Å². The van der Waals surface area contributed by atoms with Crippen molar-refractivity contribution >= 4 is 59.5 Å². The first kappa shape index (κ1) is 25.4. The van der Waals surface area contributed by atoms with Gasteiger partial charge in [0.25, 0.3) is 0 Å². The van der Waals surface area contributed by atoms with E-state index in [9.17, 15) is 18.0 Å². The number of thiazole rings is 1. The maximum Gasteiger partial charge on any atom is 0.226 e. The highest BCUT2D eigenvalue weighted by molar-refractivity contribution is 7.91. The lowest BCUT2D eigenvalue weighted by molar-refractivity contribution is -0.129. The van der Waals surface area contributed by atoms with Crippen molar-refractivity contribution < 1.29 is 22.7 Å². The number of anilines is 1. The minimum atomic E-state index is -3.64.